The van der Waals surface area contributed by atoms with Gasteiger partial charge in [0.05, 0.1) is 5.69 Å². The van der Waals surface area contributed by atoms with Crippen LogP contribution in [-0.4, -0.2) is 11.9 Å². The van der Waals surface area contributed by atoms with Gasteiger partial charge in [0.2, 0.25) is 0 Å². The van der Waals surface area contributed by atoms with Crippen molar-refractivity contribution in [2.24, 2.45) is 5.92 Å². The third kappa shape index (κ3) is 11.4. The molecular weight excluding hydrogens is 390 g/mol. The maximum atomic E-state index is 11.5. The number of carbonyl (C=O) groups excluding carboxylic acids is 2. The Morgan fingerprint density at radius 1 is 0.774 bits per heavy atom. The average molecular weight is 426 g/mol. The van der Waals surface area contributed by atoms with Gasteiger partial charge in [-0.3, -0.25) is 0 Å². The smallest absolute Gasteiger partial charge is 0.357 e. The van der Waals surface area contributed by atoms with E-state index >= 15 is 0 Å². The van der Waals surface area contributed by atoms with E-state index in [0.717, 1.165) is 17.0 Å². The Balaban J connectivity index is 0.00000134. The maximum absolute atomic E-state index is 11.5. The van der Waals surface area contributed by atoms with Crippen molar-refractivity contribution in [3.63, 3.8) is 0 Å². The van der Waals surface area contributed by atoms with Gasteiger partial charge in [0.1, 0.15) is 5.75 Å². The molecule has 0 heterocycles. The van der Waals surface area contributed by atoms with E-state index in [1.807, 2.05) is 38.1 Å². The molecule has 0 saturated carbocycles. The summed E-state index contributed by atoms with van der Waals surface area (Å²) in [6.07, 6.45) is 0. The molecule has 2 aromatic rings. The number of hydrogen-bond acceptors (Lipinski definition) is 5. The number of anilines is 1. The summed E-state index contributed by atoms with van der Waals surface area (Å²) >= 11 is 0. The maximum Gasteiger partial charge on any atom is 0.357 e. The molecule has 0 atom stereocenters. The Morgan fingerprint density at radius 3 is 1.55 bits per heavy atom. The van der Waals surface area contributed by atoms with E-state index in [1.165, 1.54) is 0 Å². The molecule has 0 aliphatic carbocycles. The van der Waals surface area contributed by atoms with Crippen LogP contribution in [0.2, 0.25) is 0 Å². The van der Waals surface area contributed by atoms with E-state index in [2.05, 4.69) is 39.4 Å². The minimum atomic E-state index is -0.510. The van der Waals surface area contributed by atoms with Gasteiger partial charge in [0.15, 0.2) is 0 Å². The number of esters is 1. The van der Waals surface area contributed by atoms with Crippen molar-refractivity contribution in [2.75, 3.05) is 5.48 Å². The number of hydrogen-bond donors (Lipinski definition) is 1. The van der Waals surface area contributed by atoms with Crippen LogP contribution in [-0.2, 0) is 14.4 Å². The van der Waals surface area contributed by atoms with Gasteiger partial charge in [-0.1, -0.05) is 72.0 Å². The predicted molar refractivity (Wildman–Crippen MR) is 129 cm³/mol. The van der Waals surface area contributed by atoms with Crippen molar-refractivity contribution in [1.29, 1.82) is 0 Å². The molecule has 0 aromatic heterocycles. The molecule has 0 saturated heterocycles. The molecule has 0 aliphatic heterocycles. The molecule has 2 aromatic carbocycles. The van der Waals surface area contributed by atoms with E-state index in [-0.39, 0.29) is 0 Å². The molecule has 5 nitrogen and oxygen atoms in total. The highest BCUT2D eigenvalue weighted by molar-refractivity contribution is 5.89. The lowest BCUT2D eigenvalue weighted by molar-refractivity contribution is -0.136. The number of benzene rings is 2. The Hall–Kier alpha value is -3.34. The minimum absolute atomic E-state index is 0.316. The van der Waals surface area contributed by atoms with Crippen LogP contribution >= 0.6 is 0 Å². The van der Waals surface area contributed by atoms with Crippen LogP contribution < -0.4 is 10.2 Å². The molecule has 2 rings (SSSR count). The summed E-state index contributed by atoms with van der Waals surface area (Å²) in [6.45, 7) is 20.7. The van der Waals surface area contributed by atoms with E-state index in [4.69, 9.17) is 9.57 Å². The number of rotatable bonds is 6. The summed E-state index contributed by atoms with van der Waals surface area (Å²) in [7, 11) is 0. The van der Waals surface area contributed by atoms with Crippen molar-refractivity contribution in [1.82, 2.24) is 0 Å². The molecule has 0 unspecified atom stereocenters. The second-order valence-electron chi connectivity index (χ2n) is 7.28. The standard InChI is InChI=1S/C20H19NO4.C4H10.C2H6/c1-13(2)19(22)24-18-11-7-16(8-12-18)15-5-9-17(10-6-15)21-25-20(23)14(3)4;1-4(2)3;1-2/h5-12,21H,1,3H2,2,4H3;4H,1-3H3;1-2H3. The van der Waals surface area contributed by atoms with Crippen LogP contribution in [0.1, 0.15) is 48.5 Å². The van der Waals surface area contributed by atoms with Crippen LogP contribution in [0.5, 0.6) is 5.75 Å². The highest BCUT2D eigenvalue weighted by Gasteiger charge is 2.06. The van der Waals surface area contributed by atoms with E-state index in [0.29, 0.717) is 22.6 Å². The fourth-order valence-electron chi connectivity index (χ4n) is 1.83. The van der Waals surface area contributed by atoms with Crippen LogP contribution in [0.4, 0.5) is 5.69 Å². The lowest BCUT2D eigenvalue weighted by atomic mass is 10.1. The van der Waals surface area contributed by atoms with E-state index < -0.39 is 11.9 Å². The molecule has 0 amide bonds. The summed E-state index contributed by atoms with van der Waals surface area (Å²) in [6, 6.07) is 14.5. The molecule has 0 radical (unpaired) electrons. The topological polar surface area (TPSA) is 64.6 Å². The van der Waals surface area contributed by atoms with Crippen LogP contribution in [0.3, 0.4) is 0 Å². The first-order chi connectivity index (χ1) is 14.6. The average Bonchev–Trinajstić information content (AvgIpc) is 2.74. The van der Waals surface area contributed by atoms with Gasteiger partial charge >= 0.3 is 11.9 Å². The van der Waals surface area contributed by atoms with Crippen LogP contribution in [0.25, 0.3) is 11.1 Å². The fourth-order valence-corrected chi connectivity index (χ4v) is 1.83. The SMILES string of the molecule is C=C(C)C(=O)ONc1ccc(-c2ccc(OC(=O)C(=C)C)cc2)cc1.CC.CC(C)C. The molecule has 0 aliphatic rings. The summed E-state index contributed by atoms with van der Waals surface area (Å²) in [5.74, 6) is 0.332. The summed E-state index contributed by atoms with van der Waals surface area (Å²) in [5, 5.41) is 0. The second kappa shape index (κ2) is 14.6. The highest BCUT2D eigenvalue weighted by Crippen LogP contribution is 2.24. The first kappa shape index (κ1) is 27.7. The van der Waals surface area contributed by atoms with Crippen molar-refractivity contribution < 1.29 is 19.2 Å². The van der Waals surface area contributed by atoms with Gasteiger partial charge < -0.3 is 9.57 Å². The zero-order valence-corrected chi connectivity index (χ0v) is 19.7. The van der Waals surface area contributed by atoms with Crippen molar-refractivity contribution in [2.45, 2.75) is 48.5 Å². The number of nitrogens with one attached hydrogen (secondary N) is 1. The minimum Gasteiger partial charge on any atom is -0.423 e. The van der Waals surface area contributed by atoms with Crippen molar-refractivity contribution in [3.05, 3.63) is 72.8 Å². The number of ether oxygens (including phenoxy) is 1. The quantitative estimate of drug-likeness (QED) is 0.234. The highest BCUT2D eigenvalue weighted by atomic mass is 16.7. The summed E-state index contributed by atoms with van der Waals surface area (Å²) < 4.78 is 5.16. The molecular formula is C26H35NO4. The largest absolute Gasteiger partial charge is 0.423 e. The molecule has 1 N–H and O–H groups in total. The molecule has 5 heteroatoms. The van der Waals surface area contributed by atoms with Crippen LogP contribution in [0, 0.1) is 5.92 Å². The summed E-state index contributed by atoms with van der Waals surface area (Å²) in [5.41, 5.74) is 5.80. The van der Waals surface area contributed by atoms with Crippen molar-refractivity contribution in [3.8, 4) is 16.9 Å². The van der Waals surface area contributed by atoms with Crippen molar-refractivity contribution >= 4 is 17.6 Å². The van der Waals surface area contributed by atoms with E-state index in [1.54, 1.807) is 38.1 Å². The van der Waals surface area contributed by atoms with Gasteiger partial charge in [-0.15, -0.1) is 0 Å². The molecule has 168 valence electrons. The van der Waals surface area contributed by atoms with E-state index in [9.17, 15) is 9.59 Å². The normalized spacial score (nSPS) is 9.29. The Morgan fingerprint density at radius 2 is 1.16 bits per heavy atom. The van der Waals surface area contributed by atoms with Gasteiger partial charge in [-0.2, -0.15) is 0 Å². The monoisotopic (exact) mass is 425 g/mol. The Kier molecular flexibility index (Phi) is 13.0. The fraction of sp³-hybridized carbons (Fsp3) is 0.308. The first-order valence-electron chi connectivity index (χ1n) is 10.3. The lowest BCUT2D eigenvalue weighted by Crippen LogP contribution is -2.10. The van der Waals surface area contributed by atoms with Crippen LogP contribution in [0.15, 0.2) is 72.8 Å². The second-order valence-corrected chi connectivity index (χ2v) is 7.28. The first-order valence-corrected chi connectivity index (χ1v) is 10.3. The zero-order valence-electron chi connectivity index (χ0n) is 19.7. The zero-order chi connectivity index (χ0) is 24.0. The van der Waals surface area contributed by atoms with Gasteiger partial charge in [0, 0.05) is 11.1 Å². The Labute approximate surface area is 186 Å². The van der Waals surface area contributed by atoms with Gasteiger partial charge in [-0.05, 0) is 55.2 Å². The van der Waals surface area contributed by atoms with Gasteiger partial charge in [0.25, 0.3) is 0 Å². The Bertz CT molecular complexity index is 847. The predicted octanol–water partition coefficient (Wildman–Crippen LogP) is 6.97. The van der Waals surface area contributed by atoms with Gasteiger partial charge in [-0.25, -0.2) is 15.1 Å². The molecule has 0 bridgehead atoms. The molecule has 31 heavy (non-hydrogen) atoms. The molecule has 0 fully saturated rings. The third-order valence-electron chi connectivity index (χ3n) is 3.24. The lowest BCUT2D eigenvalue weighted by Gasteiger charge is -2.08. The molecule has 0 spiro atoms. The summed E-state index contributed by atoms with van der Waals surface area (Å²) in [4.78, 5) is 27.7. The third-order valence-corrected chi connectivity index (χ3v) is 3.24. The number of carbonyl (C=O) groups is 2.